The van der Waals surface area contributed by atoms with Crippen molar-refractivity contribution in [3.05, 3.63) is 58.1 Å². The van der Waals surface area contributed by atoms with Gasteiger partial charge in [0, 0.05) is 37.3 Å². The first-order valence-electron chi connectivity index (χ1n) is 10.6. The first-order chi connectivity index (χ1) is 15.0. The molecule has 0 saturated heterocycles. The van der Waals surface area contributed by atoms with Gasteiger partial charge in [-0.05, 0) is 43.2 Å². The van der Waals surface area contributed by atoms with Gasteiger partial charge in [0.1, 0.15) is 5.82 Å². The van der Waals surface area contributed by atoms with Gasteiger partial charge in [-0.15, -0.1) is 0 Å². The van der Waals surface area contributed by atoms with Gasteiger partial charge in [-0.25, -0.2) is 4.98 Å². The molecule has 0 atom stereocenters. The molecule has 7 nitrogen and oxygen atoms in total. The molecular formula is C24H27N3O4. The van der Waals surface area contributed by atoms with Crippen LogP contribution in [-0.4, -0.2) is 36.7 Å². The topological polar surface area (TPSA) is 73.7 Å². The van der Waals surface area contributed by atoms with Crippen LogP contribution in [0.25, 0.3) is 10.9 Å². The van der Waals surface area contributed by atoms with Crippen LogP contribution in [0.4, 0.5) is 5.69 Å². The van der Waals surface area contributed by atoms with Gasteiger partial charge in [-0.2, -0.15) is 0 Å². The lowest BCUT2D eigenvalue weighted by Crippen LogP contribution is -2.28. The zero-order valence-corrected chi connectivity index (χ0v) is 18.2. The number of rotatable bonds is 4. The molecule has 0 N–H and O–H groups in total. The zero-order chi connectivity index (χ0) is 22.0. The van der Waals surface area contributed by atoms with E-state index < -0.39 is 0 Å². The number of nitrogens with zero attached hydrogens (tertiary/aromatic N) is 3. The van der Waals surface area contributed by atoms with Gasteiger partial charge in [0.2, 0.25) is 0 Å². The van der Waals surface area contributed by atoms with Crippen LogP contribution in [0.15, 0.2) is 41.2 Å². The first kappa shape index (κ1) is 20.9. The number of hydrogen-bond acceptors (Lipinski definition) is 5. The highest BCUT2D eigenvalue weighted by Crippen LogP contribution is 2.31. The van der Waals surface area contributed by atoms with Gasteiger partial charge in [0.15, 0.2) is 11.5 Å². The second-order valence-electron chi connectivity index (χ2n) is 7.78. The molecule has 0 saturated carbocycles. The van der Waals surface area contributed by atoms with Crippen molar-refractivity contribution in [3.8, 4) is 11.5 Å². The van der Waals surface area contributed by atoms with E-state index in [1.54, 1.807) is 67.1 Å². The Kier molecular flexibility index (Phi) is 5.93. The van der Waals surface area contributed by atoms with Gasteiger partial charge in [-0.1, -0.05) is 12.8 Å². The Labute approximate surface area is 181 Å². The Morgan fingerprint density at radius 2 is 1.77 bits per heavy atom. The fourth-order valence-corrected chi connectivity index (χ4v) is 4.07. The molecule has 1 aliphatic rings. The van der Waals surface area contributed by atoms with Crippen molar-refractivity contribution in [2.24, 2.45) is 0 Å². The summed E-state index contributed by atoms with van der Waals surface area (Å²) in [5, 5.41) is 0.551. The lowest BCUT2D eigenvalue weighted by molar-refractivity contribution is 0.0993. The Balaban J connectivity index is 1.70. The highest BCUT2D eigenvalue weighted by atomic mass is 16.5. The van der Waals surface area contributed by atoms with Crippen LogP contribution in [0.3, 0.4) is 0 Å². The molecule has 2 heterocycles. The van der Waals surface area contributed by atoms with Crippen molar-refractivity contribution < 1.29 is 14.3 Å². The van der Waals surface area contributed by atoms with Crippen LogP contribution in [0.5, 0.6) is 11.5 Å². The minimum Gasteiger partial charge on any atom is -0.493 e. The van der Waals surface area contributed by atoms with E-state index in [4.69, 9.17) is 14.5 Å². The first-order valence-corrected chi connectivity index (χ1v) is 10.6. The number of aromatic nitrogens is 2. The second kappa shape index (κ2) is 8.79. The van der Waals surface area contributed by atoms with Crippen LogP contribution >= 0.6 is 0 Å². The standard InChI is InChI=1S/C24H27N3O4/c1-26(17-10-12-20(30-2)21(15-17)31-3)23(28)16-9-11-18-19(14-16)25-22-8-6-4-5-7-13-27(22)24(18)29/h9-12,14-15H,4-8,13H2,1-3H3. The molecule has 2 aromatic carbocycles. The second-order valence-corrected chi connectivity index (χ2v) is 7.78. The number of ether oxygens (including phenoxy) is 2. The molecule has 0 bridgehead atoms. The number of fused-ring (bicyclic) bond motifs is 2. The van der Waals surface area contributed by atoms with Crippen molar-refractivity contribution >= 4 is 22.5 Å². The van der Waals surface area contributed by atoms with Crippen molar-refractivity contribution in [1.29, 1.82) is 0 Å². The Morgan fingerprint density at radius 1 is 1.00 bits per heavy atom. The summed E-state index contributed by atoms with van der Waals surface area (Å²) in [5.41, 5.74) is 1.71. The quantitative estimate of drug-likeness (QED) is 0.641. The number of carbonyl (C=O) groups is 1. The minimum absolute atomic E-state index is 0.0193. The molecule has 0 radical (unpaired) electrons. The zero-order valence-electron chi connectivity index (χ0n) is 18.2. The van der Waals surface area contributed by atoms with E-state index in [-0.39, 0.29) is 11.5 Å². The molecule has 0 spiro atoms. The average Bonchev–Trinajstić information content (AvgIpc) is 2.78. The van der Waals surface area contributed by atoms with Crippen LogP contribution in [0.2, 0.25) is 0 Å². The Morgan fingerprint density at radius 3 is 2.55 bits per heavy atom. The fourth-order valence-electron chi connectivity index (χ4n) is 4.07. The van der Waals surface area contributed by atoms with E-state index in [0.29, 0.717) is 40.2 Å². The van der Waals surface area contributed by atoms with Crippen molar-refractivity contribution in [3.63, 3.8) is 0 Å². The van der Waals surface area contributed by atoms with Crippen LogP contribution in [0.1, 0.15) is 41.9 Å². The van der Waals surface area contributed by atoms with Gasteiger partial charge in [0.05, 0.1) is 25.1 Å². The summed E-state index contributed by atoms with van der Waals surface area (Å²) in [6, 6.07) is 10.4. The van der Waals surface area contributed by atoms with E-state index in [1.165, 1.54) is 0 Å². The summed E-state index contributed by atoms with van der Waals surface area (Å²) in [7, 11) is 4.83. The van der Waals surface area contributed by atoms with Crippen LogP contribution in [-0.2, 0) is 13.0 Å². The summed E-state index contributed by atoms with van der Waals surface area (Å²) in [5.74, 6) is 1.77. The maximum atomic E-state index is 13.2. The van der Waals surface area contributed by atoms with Crippen LogP contribution in [0, 0.1) is 0 Å². The summed E-state index contributed by atoms with van der Waals surface area (Å²) in [6.45, 7) is 0.708. The largest absolute Gasteiger partial charge is 0.493 e. The number of methoxy groups -OCH3 is 2. The number of hydrogen-bond donors (Lipinski definition) is 0. The molecule has 3 aromatic rings. The lowest BCUT2D eigenvalue weighted by Gasteiger charge is -2.20. The Hall–Kier alpha value is -3.35. The van der Waals surface area contributed by atoms with E-state index in [9.17, 15) is 9.59 Å². The smallest absolute Gasteiger partial charge is 0.261 e. The van der Waals surface area contributed by atoms with Crippen molar-refractivity contribution in [1.82, 2.24) is 9.55 Å². The Bertz CT molecular complexity index is 1190. The highest BCUT2D eigenvalue weighted by molar-refractivity contribution is 6.07. The molecule has 0 fully saturated rings. The lowest BCUT2D eigenvalue weighted by atomic mass is 10.1. The number of aryl methyl sites for hydroxylation is 1. The molecule has 31 heavy (non-hydrogen) atoms. The molecule has 162 valence electrons. The molecule has 0 unspecified atom stereocenters. The number of benzene rings is 2. The van der Waals surface area contributed by atoms with E-state index in [2.05, 4.69) is 0 Å². The predicted octanol–water partition coefficient (Wildman–Crippen LogP) is 3.81. The third-order valence-corrected chi connectivity index (χ3v) is 5.87. The summed E-state index contributed by atoms with van der Waals surface area (Å²) < 4.78 is 12.4. The van der Waals surface area contributed by atoms with E-state index in [0.717, 1.165) is 37.9 Å². The molecule has 4 rings (SSSR count). The fraction of sp³-hybridized carbons (Fsp3) is 0.375. The molecule has 0 aliphatic carbocycles. The number of carbonyl (C=O) groups excluding carboxylic acids is 1. The van der Waals surface area contributed by atoms with E-state index in [1.807, 2.05) is 0 Å². The maximum Gasteiger partial charge on any atom is 0.261 e. The molecule has 1 aromatic heterocycles. The monoisotopic (exact) mass is 421 g/mol. The highest BCUT2D eigenvalue weighted by Gasteiger charge is 2.18. The molecule has 1 aliphatic heterocycles. The average molecular weight is 421 g/mol. The SMILES string of the molecule is COc1ccc(N(C)C(=O)c2ccc3c(=O)n4c(nc3c2)CCCCCC4)cc1OC. The van der Waals surface area contributed by atoms with Crippen LogP contribution < -0.4 is 19.9 Å². The van der Waals surface area contributed by atoms with Crippen molar-refractivity contribution in [2.75, 3.05) is 26.2 Å². The van der Waals surface area contributed by atoms with Gasteiger partial charge in [0.25, 0.3) is 11.5 Å². The molecular weight excluding hydrogens is 394 g/mol. The molecule has 1 amide bonds. The van der Waals surface area contributed by atoms with Gasteiger partial charge >= 0.3 is 0 Å². The maximum absolute atomic E-state index is 13.2. The third kappa shape index (κ3) is 4.00. The summed E-state index contributed by atoms with van der Waals surface area (Å²) >= 11 is 0. The van der Waals surface area contributed by atoms with E-state index >= 15 is 0 Å². The van der Waals surface area contributed by atoms with Crippen molar-refractivity contribution in [2.45, 2.75) is 38.6 Å². The molecule has 7 heteroatoms. The summed E-state index contributed by atoms with van der Waals surface area (Å²) in [6.07, 6.45) is 5.10. The normalized spacial score (nSPS) is 13.8. The predicted molar refractivity (Wildman–Crippen MR) is 120 cm³/mol. The van der Waals surface area contributed by atoms with Gasteiger partial charge < -0.3 is 14.4 Å². The third-order valence-electron chi connectivity index (χ3n) is 5.87. The number of amides is 1. The van der Waals surface area contributed by atoms with Gasteiger partial charge in [-0.3, -0.25) is 14.2 Å². The summed E-state index contributed by atoms with van der Waals surface area (Å²) in [4.78, 5) is 32.5. The minimum atomic E-state index is -0.192. The number of anilines is 1.